The number of hydrogen-bond acceptors (Lipinski definition) is 6. The molecule has 0 unspecified atom stereocenters. The standard InChI is InChI=1S/C20H21NO6S/c1-14-4-10-17(11-5-14)28(24,25)21-20(18(22)12-13-19(23)27-3)15-6-8-16(26-2)9-7-15/h4-13,21-22H,1-3H3/b13-12+,20-18-. The zero-order chi connectivity index (χ0) is 20.7. The molecule has 0 radical (unpaired) electrons. The molecule has 28 heavy (non-hydrogen) atoms. The van der Waals surface area contributed by atoms with E-state index in [9.17, 15) is 18.3 Å². The fourth-order valence-electron chi connectivity index (χ4n) is 2.23. The molecule has 2 aromatic carbocycles. The van der Waals surface area contributed by atoms with Gasteiger partial charge < -0.3 is 14.6 Å². The summed E-state index contributed by atoms with van der Waals surface area (Å²) in [6, 6.07) is 12.7. The van der Waals surface area contributed by atoms with E-state index in [1.807, 2.05) is 6.92 Å². The summed E-state index contributed by atoms with van der Waals surface area (Å²) in [5.74, 6) is -0.581. The second-order valence-corrected chi connectivity index (χ2v) is 7.45. The fraction of sp³-hybridized carbons (Fsp3) is 0.150. The molecule has 148 valence electrons. The molecule has 0 aliphatic carbocycles. The van der Waals surface area contributed by atoms with Gasteiger partial charge in [0, 0.05) is 11.6 Å². The van der Waals surface area contributed by atoms with Gasteiger partial charge in [-0.25, -0.2) is 13.2 Å². The highest BCUT2D eigenvalue weighted by Crippen LogP contribution is 2.22. The zero-order valence-corrected chi connectivity index (χ0v) is 16.5. The number of carbonyl (C=O) groups is 1. The highest BCUT2D eigenvalue weighted by atomic mass is 32.2. The van der Waals surface area contributed by atoms with E-state index in [2.05, 4.69) is 9.46 Å². The molecule has 8 heteroatoms. The van der Waals surface area contributed by atoms with Gasteiger partial charge in [-0.2, -0.15) is 0 Å². The van der Waals surface area contributed by atoms with E-state index in [4.69, 9.17) is 4.74 Å². The number of aryl methyl sites for hydroxylation is 1. The van der Waals surface area contributed by atoms with E-state index in [1.54, 1.807) is 36.4 Å². The molecule has 0 aliphatic rings. The summed E-state index contributed by atoms with van der Waals surface area (Å²) in [5, 5.41) is 10.4. The van der Waals surface area contributed by atoms with Crippen LogP contribution in [0.25, 0.3) is 5.70 Å². The molecule has 0 saturated carbocycles. The van der Waals surface area contributed by atoms with Gasteiger partial charge in [-0.1, -0.05) is 17.7 Å². The average molecular weight is 403 g/mol. The quantitative estimate of drug-likeness (QED) is 0.319. The minimum atomic E-state index is -3.98. The molecular weight excluding hydrogens is 382 g/mol. The molecule has 2 rings (SSSR count). The van der Waals surface area contributed by atoms with E-state index in [-0.39, 0.29) is 10.6 Å². The highest BCUT2D eigenvalue weighted by molar-refractivity contribution is 7.89. The lowest BCUT2D eigenvalue weighted by Crippen LogP contribution is -2.23. The number of hydrogen-bond donors (Lipinski definition) is 2. The van der Waals surface area contributed by atoms with E-state index in [0.717, 1.165) is 17.7 Å². The Labute approximate surface area is 164 Å². The first-order chi connectivity index (χ1) is 13.3. The van der Waals surface area contributed by atoms with Crippen LogP contribution >= 0.6 is 0 Å². The molecule has 0 saturated heterocycles. The number of aliphatic hydroxyl groups excluding tert-OH is 1. The van der Waals surface area contributed by atoms with Crippen LogP contribution in [0.3, 0.4) is 0 Å². The number of allylic oxidation sites excluding steroid dienone is 1. The van der Waals surface area contributed by atoms with Crippen molar-refractivity contribution in [3.05, 3.63) is 77.6 Å². The van der Waals surface area contributed by atoms with Crippen LogP contribution in [-0.4, -0.2) is 33.7 Å². The molecule has 0 aromatic heterocycles. The van der Waals surface area contributed by atoms with Gasteiger partial charge in [0.15, 0.2) is 0 Å². The van der Waals surface area contributed by atoms with Gasteiger partial charge in [-0.05, 0) is 49.4 Å². The number of carbonyl (C=O) groups excluding carboxylic acids is 1. The molecule has 0 aliphatic heterocycles. The maximum atomic E-state index is 12.8. The van der Waals surface area contributed by atoms with Gasteiger partial charge >= 0.3 is 5.97 Å². The van der Waals surface area contributed by atoms with Gasteiger partial charge in [0.2, 0.25) is 0 Å². The molecule has 7 nitrogen and oxygen atoms in total. The smallest absolute Gasteiger partial charge is 0.330 e. The van der Waals surface area contributed by atoms with Crippen LogP contribution in [-0.2, 0) is 19.6 Å². The number of methoxy groups -OCH3 is 2. The molecular formula is C20H21NO6S. The zero-order valence-electron chi connectivity index (χ0n) is 15.7. The summed E-state index contributed by atoms with van der Waals surface area (Å²) < 4.78 is 37.5. The van der Waals surface area contributed by atoms with Crippen molar-refractivity contribution in [3.63, 3.8) is 0 Å². The monoisotopic (exact) mass is 403 g/mol. The average Bonchev–Trinajstić information content (AvgIpc) is 2.70. The maximum Gasteiger partial charge on any atom is 0.330 e. The topological polar surface area (TPSA) is 102 Å². The first-order valence-corrected chi connectivity index (χ1v) is 9.68. The minimum absolute atomic E-state index is 0.0360. The van der Waals surface area contributed by atoms with Crippen LogP contribution in [0, 0.1) is 6.92 Å². The summed E-state index contributed by atoms with van der Waals surface area (Å²) >= 11 is 0. The Morgan fingerprint density at radius 3 is 2.14 bits per heavy atom. The van der Waals surface area contributed by atoms with Gasteiger partial charge in [0.05, 0.1) is 24.8 Å². The van der Waals surface area contributed by atoms with Crippen LogP contribution in [0.15, 0.2) is 71.3 Å². The third-order valence-corrected chi connectivity index (χ3v) is 5.15. The van der Waals surface area contributed by atoms with E-state index >= 15 is 0 Å². The van der Waals surface area contributed by atoms with Crippen molar-refractivity contribution >= 4 is 21.7 Å². The van der Waals surface area contributed by atoms with Crippen molar-refractivity contribution in [1.82, 2.24) is 4.72 Å². The van der Waals surface area contributed by atoms with Crippen LogP contribution in [0.1, 0.15) is 11.1 Å². The number of esters is 1. The normalized spacial score (nSPS) is 12.4. The molecule has 2 N–H and O–H groups in total. The van der Waals surface area contributed by atoms with Crippen LogP contribution in [0.5, 0.6) is 5.75 Å². The number of nitrogens with one attached hydrogen (secondary N) is 1. The van der Waals surface area contributed by atoms with Crippen LogP contribution < -0.4 is 9.46 Å². The molecule has 0 spiro atoms. The first kappa shape index (κ1) is 21.0. The minimum Gasteiger partial charge on any atom is -0.506 e. The Bertz CT molecular complexity index is 990. The molecule has 2 aromatic rings. The van der Waals surface area contributed by atoms with Gasteiger partial charge in [0.1, 0.15) is 11.5 Å². The van der Waals surface area contributed by atoms with E-state index < -0.39 is 21.8 Å². The van der Waals surface area contributed by atoms with Gasteiger partial charge in [0.25, 0.3) is 10.0 Å². The predicted molar refractivity (Wildman–Crippen MR) is 105 cm³/mol. The van der Waals surface area contributed by atoms with E-state index in [0.29, 0.717) is 11.3 Å². The van der Waals surface area contributed by atoms with Gasteiger partial charge in [-0.15, -0.1) is 0 Å². The SMILES string of the molecule is COC(=O)/C=C/C(O)=C(/NS(=O)(=O)c1ccc(C)cc1)c1ccc(OC)cc1. The maximum absolute atomic E-state index is 12.8. The van der Waals surface area contributed by atoms with Crippen LogP contribution in [0.2, 0.25) is 0 Å². The molecule has 0 heterocycles. The lowest BCUT2D eigenvalue weighted by atomic mass is 10.1. The number of rotatable bonds is 7. The molecule has 0 atom stereocenters. The van der Waals surface area contributed by atoms with Crippen LogP contribution in [0.4, 0.5) is 0 Å². The first-order valence-electron chi connectivity index (χ1n) is 8.20. The Morgan fingerprint density at radius 1 is 1.00 bits per heavy atom. The highest BCUT2D eigenvalue weighted by Gasteiger charge is 2.19. The Morgan fingerprint density at radius 2 is 1.61 bits per heavy atom. The van der Waals surface area contributed by atoms with Crippen molar-refractivity contribution in [2.75, 3.05) is 14.2 Å². The van der Waals surface area contributed by atoms with Crippen molar-refractivity contribution in [3.8, 4) is 5.75 Å². The van der Waals surface area contributed by atoms with E-state index in [1.165, 1.54) is 26.4 Å². The summed E-state index contributed by atoms with van der Waals surface area (Å²) in [6.45, 7) is 1.84. The number of sulfonamides is 1. The van der Waals surface area contributed by atoms with Crippen molar-refractivity contribution in [1.29, 1.82) is 0 Å². The largest absolute Gasteiger partial charge is 0.506 e. The fourth-order valence-corrected chi connectivity index (χ4v) is 3.33. The number of ether oxygens (including phenoxy) is 2. The summed E-state index contributed by atoms with van der Waals surface area (Å²) in [4.78, 5) is 11.3. The third kappa shape index (κ3) is 5.37. The number of aliphatic hydroxyl groups is 1. The number of benzene rings is 2. The summed E-state index contributed by atoms with van der Waals surface area (Å²) in [7, 11) is -1.28. The second-order valence-electron chi connectivity index (χ2n) is 5.76. The Kier molecular flexibility index (Phi) is 6.84. The summed E-state index contributed by atoms with van der Waals surface area (Å²) in [5.41, 5.74) is 1.20. The molecule has 0 fully saturated rings. The Balaban J connectivity index is 2.49. The van der Waals surface area contributed by atoms with Crippen molar-refractivity contribution in [2.24, 2.45) is 0 Å². The molecule has 0 amide bonds. The summed E-state index contributed by atoms with van der Waals surface area (Å²) in [6.07, 6.45) is 2.04. The van der Waals surface area contributed by atoms with Crippen molar-refractivity contribution in [2.45, 2.75) is 11.8 Å². The van der Waals surface area contributed by atoms with Gasteiger partial charge in [-0.3, -0.25) is 4.72 Å². The lowest BCUT2D eigenvalue weighted by molar-refractivity contribution is -0.134. The lowest BCUT2D eigenvalue weighted by Gasteiger charge is -2.14. The Hall–Kier alpha value is -3.26. The predicted octanol–water partition coefficient (Wildman–Crippen LogP) is 2.94. The second kappa shape index (κ2) is 9.09. The third-order valence-electron chi connectivity index (χ3n) is 3.78. The van der Waals surface area contributed by atoms with Crippen molar-refractivity contribution < 1.29 is 27.8 Å². The molecule has 0 bridgehead atoms.